The summed E-state index contributed by atoms with van der Waals surface area (Å²) in [6.45, 7) is 6.93. The average Bonchev–Trinajstić information content (AvgIpc) is 2.32. The molecule has 3 nitrogen and oxygen atoms in total. The molecule has 1 atom stereocenters. The summed E-state index contributed by atoms with van der Waals surface area (Å²) in [5.74, 6) is 0.891. The molecule has 0 aliphatic heterocycles. The summed E-state index contributed by atoms with van der Waals surface area (Å²) in [5, 5.41) is 2.95. The molecule has 1 amide bonds. The minimum absolute atomic E-state index is 0.0516. The van der Waals surface area contributed by atoms with Crippen molar-refractivity contribution in [3.63, 3.8) is 0 Å². The van der Waals surface area contributed by atoms with Gasteiger partial charge in [0.25, 0.3) is 0 Å². The van der Waals surface area contributed by atoms with Gasteiger partial charge in [0, 0.05) is 15.7 Å². The molecular weight excluding hydrogens is 351 g/mol. The van der Waals surface area contributed by atoms with Gasteiger partial charge in [-0.05, 0) is 72.0 Å². The van der Waals surface area contributed by atoms with Crippen LogP contribution in [0.25, 0.3) is 0 Å². The Morgan fingerprint density at radius 3 is 2.63 bits per heavy atom. The molecular formula is C15H23IN2O. The Labute approximate surface area is 129 Å². The van der Waals surface area contributed by atoms with Gasteiger partial charge < -0.3 is 11.1 Å². The molecule has 0 fully saturated rings. The van der Waals surface area contributed by atoms with Crippen LogP contribution in [0.15, 0.2) is 18.2 Å². The second-order valence-corrected chi connectivity index (χ2v) is 6.61. The Kier molecular flexibility index (Phi) is 6.79. The van der Waals surface area contributed by atoms with E-state index in [0.717, 1.165) is 15.7 Å². The van der Waals surface area contributed by atoms with Crippen LogP contribution in [0.4, 0.5) is 5.69 Å². The summed E-state index contributed by atoms with van der Waals surface area (Å²) in [6.07, 6.45) is 1.49. The first-order chi connectivity index (χ1) is 8.92. The van der Waals surface area contributed by atoms with Crippen LogP contribution in [0.5, 0.6) is 0 Å². The third-order valence-electron chi connectivity index (χ3n) is 3.07. The lowest BCUT2D eigenvalue weighted by molar-refractivity contribution is -0.117. The van der Waals surface area contributed by atoms with Crippen molar-refractivity contribution in [1.29, 1.82) is 0 Å². The van der Waals surface area contributed by atoms with Crippen LogP contribution in [-0.4, -0.2) is 12.5 Å². The van der Waals surface area contributed by atoms with Crippen molar-refractivity contribution in [2.75, 3.05) is 11.9 Å². The second kappa shape index (κ2) is 7.85. The number of rotatable bonds is 6. The summed E-state index contributed by atoms with van der Waals surface area (Å²) in [7, 11) is 0. The minimum Gasteiger partial charge on any atom is -0.330 e. The standard InChI is InChI=1S/C15H23IN2O/c1-10(2)6-12(9-17)7-15(19)18-13-5-4-11(3)14(16)8-13/h4-5,8,10,12H,6-7,9,17H2,1-3H3,(H,18,19)/t12-/m0/s1. The highest BCUT2D eigenvalue weighted by Crippen LogP contribution is 2.19. The van der Waals surface area contributed by atoms with E-state index in [2.05, 4.69) is 48.7 Å². The Hall–Kier alpha value is -0.620. The number of hydrogen-bond acceptors (Lipinski definition) is 2. The number of halogens is 1. The quantitative estimate of drug-likeness (QED) is 0.749. The Bertz CT molecular complexity index is 432. The zero-order valence-corrected chi connectivity index (χ0v) is 14.0. The molecule has 0 saturated heterocycles. The van der Waals surface area contributed by atoms with E-state index in [-0.39, 0.29) is 11.8 Å². The average molecular weight is 374 g/mol. The third kappa shape index (κ3) is 5.91. The van der Waals surface area contributed by atoms with E-state index in [0.29, 0.717) is 18.9 Å². The predicted octanol–water partition coefficient (Wildman–Crippen LogP) is 3.55. The van der Waals surface area contributed by atoms with Crippen molar-refractivity contribution in [2.45, 2.75) is 33.6 Å². The maximum atomic E-state index is 12.0. The zero-order valence-electron chi connectivity index (χ0n) is 11.9. The third-order valence-corrected chi connectivity index (χ3v) is 4.23. The molecule has 0 aromatic heterocycles. The molecule has 19 heavy (non-hydrogen) atoms. The van der Waals surface area contributed by atoms with Gasteiger partial charge in [0.15, 0.2) is 0 Å². The highest BCUT2D eigenvalue weighted by molar-refractivity contribution is 14.1. The highest BCUT2D eigenvalue weighted by atomic mass is 127. The predicted molar refractivity (Wildman–Crippen MR) is 89.1 cm³/mol. The van der Waals surface area contributed by atoms with Crippen LogP contribution in [0.1, 0.15) is 32.3 Å². The van der Waals surface area contributed by atoms with Crippen molar-refractivity contribution in [2.24, 2.45) is 17.6 Å². The number of nitrogens with two attached hydrogens (primary N) is 1. The first-order valence-electron chi connectivity index (χ1n) is 6.68. The van der Waals surface area contributed by atoms with Gasteiger partial charge in [0.1, 0.15) is 0 Å². The van der Waals surface area contributed by atoms with Gasteiger partial charge in [0.2, 0.25) is 5.91 Å². The number of benzene rings is 1. The molecule has 1 aromatic rings. The second-order valence-electron chi connectivity index (χ2n) is 5.45. The van der Waals surface area contributed by atoms with Gasteiger partial charge >= 0.3 is 0 Å². The monoisotopic (exact) mass is 374 g/mol. The van der Waals surface area contributed by atoms with Crippen molar-refractivity contribution in [3.8, 4) is 0 Å². The largest absolute Gasteiger partial charge is 0.330 e. The fourth-order valence-corrected chi connectivity index (χ4v) is 2.59. The SMILES string of the molecule is Cc1ccc(NC(=O)C[C@@H](CN)CC(C)C)cc1I. The number of carbonyl (C=O) groups is 1. The molecule has 0 aliphatic carbocycles. The van der Waals surface area contributed by atoms with E-state index in [1.165, 1.54) is 5.56 Å². The van der Waals surface area contributed by atoms with E-state index >= 15 is 0 Å². The number of amides is 1. The maximum absolute atomic E-state index is 12.0. The van der Waals surface area contributed by atoms with E-state index in [4.69, 9.17) is 5.73 Å². The number of aryl methyl sites for hydroxylation is 1. The number of carbonyl (C=O) groups excluding carboxylic acids is 1. The normalized spacial score (nSPS) is 12.5. The molecule has 0 spiro atoms. The summed E-state index contributed by atoms with van der Waals surface area (Å²) in [6, 6.07) is 5.95. The fraction of sp³-hybridized carbons (Fsp3) is 0.533. The lowest BCUT2D eigenvalue weighted by Gasteiger charge is -2.16. The summed E-state index contributed by atoms with van der Waals surface area (Å²) in [4.78, 5) is 12.0. The minimum atomic E-state index is 0.0516. The van der Waals surface area contributed by atoms with Crippen molar-refractivity contribution < 1.29 is 4.79 Å². The molecule has 1 rings (SSSR count). The number of anilines is 1. The molecule has 4 heteroatoms. The maximum Gasteiger partial charge on any atom is 0.224 e. The van der Waals surface area contributed by atoms with Crippen LogP contribution >= 0.6 is 22.6 Å². The van der Waals surface area contributed by atoms with E-state index in [1.807, 2.05) is 18.2 Å². The Morgan fingerprint density at radius 2 is 2.11 bits per heavy atom. The van der Waals surface area contributed by atoms with Gasteiger partial charge in [-0.2, -0.15) is 0 Å². The molecule has 0 aliphatic rings. The van der Waals surface area contributed by atoms with Crippen LogP contribution in [0.3, 0.4) is 0 Å². The van der Waals surface area contributed by atoms with Crippen molar-refractivity contribution in [1.82, 2.24) is 0 Å². The lowest BCUT2D eigenvalue weighted by Crippen LogP contribution is -2.23. The van der Waals surface area contributed by atoms with Crippen molar-refractivity contribution in [3.05, 3.63) is 27.3 Å². The van der Waals surface area contributed by atoms with Crippen LogP contribution in [0, 0.1) is 22.3 Å². The summed E-state index contributed by atoms with van der Waals surface area (Å²) >= 11 is 2.27. The molecule has 0 saturated carbocycles. The smallest absolute Gasteiger partial charge is 0.224 e. The molecule has 1 aromatic carbocycles. The first-order valence-corrected chi connectivity index (χ1v) is 7.76. The Morgan fingerprint density at radius 1 is 1.42 bits per heavy atom. The number of hydrogen-bond donors (Lipinski definition) is 2. The van der Waals surface area contributed by atoms with Gasteiger partial charge in [0.05, 0.1) is 0 Å². The lowest BCUT2D eigenvalue weighted by atomic mass is 9.94. The first kappa shape index (κ1) is 16.4. The van der Waals surface area contributed by atoms with Crippen LogP contribution in [-0.2, 0) is 4.79 Å². The molecule has 106 valence electrons. The van der Waals surface area contributed by atoms with Crippen LogP contribution < -0.4 is 11.1 Å². The summed E-state index contributed by atoms with van der Waals surface area (Å²) in [5.41, 5.74) is 7.81. The topological polar surface area (TPSA) is 55.1 Å². The zero-order chi connectivity index (χ0) is 14.4. The fourth-order valence-electron chi connectivity index (χ4n) is 2.07. The molecule has 3 N–H and O–H groups in total. The molecule has 0 bridgehead atoms. The highest BCUT2D eigenvalue weighted by Gasteiger charge is 2.14. The van der Waals surface area contributed by atoms with Gasteiger partial charge in [-0.15, -0.1) is 0 Å². The molecule has 0 unspecified atom stereocenters. The van der Waals surface area contributed by atoms with E-state index in [9.17, 15) is 4.79 Å². The Balaban J connectivity index is 2.56. The van der Waals surface area contributed by atoms with E-state index in [1.54, 1.807) is 0 Å². The number of nitrogens with one attached hydrogen (secondary N) is 1. The van der Waals surface area contributed by atoms with Crippen molar-refractivity contribution >= 4 is 34.2 Å². The summed E-state index contributed by atoms with van der Waals surface area (Å²) < 4.78 is 1.16. The van der Waals surface area contributed by atoms with Gasteiger partial charge in [-0.1, -0.05) is 19.9 Å². The molecule has 0 heterocycles. The van der Waals surface area contributed by atoms with Gasteiger partial charge in [-0.25, -0.2) is 0 Å². The molecule has 0 radical (unpaired) electrons. The van der Waals surface area contributed by atoms with Gasteiger partial charge in [-0.3, -0.25) is 4.79 Å². The van der Waals surface area contributed by atoms with Crippen LogP contribution in [0.2, 0.25) is 0 Å². The van der Waals surface area contributed by atoms with E-state index < -0.39 is 0 Å².